The monoisotopic (exact) mass is 359 g/mol. The lowest BCUT2D eigenvalue weighted by Gasteiger charge is -2.34. The Balaban J connectivity index is 1.74. The molecule has 0 unspecified atom stereocenters. The van der Waals surface area contributed by atoms with Crippen LogP contribution in [0.15, 0.2) is 18.2 Å². The van der Waals surface area contributed by atoms with Crippen LogP contribution in [0.1, 0.15) is 53.8 Å². The van der Waals surface area contributed by atoms with Crippen molar-refractivity contribution in [1.82, 2.24) is 10.2 Å². The van der Waals surface area contributed by atoms with Crippen molar-refractivity contribution in [2.45, 2.75) is 39.2 Å². The molecule has 1 N–H and O–H groups in total. The Morgan fingerprint density at radius 3 is 2.69 bits per heavy atom. The number of carbonyl (C=O) groups is 3. The minimum atomic E-state index is -0.794. The van der Waals surface area contributed by atoms with Gasteiger partial charge < -0.3 is 5.32 Å². The fourth-order valence-corrected chi connectivity index (χ4v) is 3.79. The summed E-state index contributed by atoms with van der Waals surface area (Å²) in [5.41, 5.74) is -0.690. The molecule has 0 saturated heterocycles. The largest absolute Gasteiger partial charge is 0.352 e. The summed E-state index contributed by atoms with van der Waals surface area (Å²) in [6, 6.07) is 3.91. The first-order valence-electron chi connectivity index (χ1n) is 8.74. The summed E-state index contributed by atoms with van der Waals surface area (Å²) < 4.78 is 0. The van der Waals surface area contributed by atoms with Crippen LogP contribution >= 0.6 is 0 Å². The summed E-state index contributed by atoms with van der Waals surface area (Å²) in [5.74, 6) is -1.08. The number of nitrogens with zero attached hydrogens (tertiary/aromatic N) is 2. The van der Waals surface area contributed by atoms with E-state index in [9.17, 15) is 24.5 Å². The fourth-order valence-electron chi connectivity index (χ4n) is 3.79. The lowest BCUT2D eigenvalue weighted by atomic mass is 9.78. The Hall–Kier alpha value is -2.77. The standard InChI is InChI=1S/C18H21N3O5/c1-10-5-3-7-13(11(10)2)19-15(22)9-20-17(23)12-6-4-8-14(21(25)26)16(12)18(20)24/h4,6,8,10-11,13H,3,5,7,9H2,1-2H3,(H,19,22)/t10-,11-,13-/m1/s1. The van der Waals surface area contributed by atoms with Crippen molar-refractivity contribution in [2.24, 2.45) is 11.8 Å². The van der Waals surface area contributed by atoms with Gasteiger partial charge in [0.05, 0.1) is 10.5 Å². The lowest BCUT2D eigenvalue weighted by molar-refractivity contribution is -0.385. The Morgan fingerprint density at radius 1 is 1.27 bits per heavy atom. The molecule has 0 bridgehead atoms. The number of nitrogens with one attached hydrogen (secondary N) is 1. The predicted octanol–water partition coefficient (Wildman–Crippen LogP) is 2.13. The van der Waals surface area contributed by atoms with Crippen molar-refractivity contribution >= 4 is 23.4 Å². The Kier molecular flexibility index (Phi) is 4.76. The molecular formula is C18H21N3O5. The topological polar surface area (TPSA) is 110 Å². The highest BCUT2D eigenvalue weighted by Gasteiger charge is 2.42. The van der Waals surface area contributed by atoms with E-state index in [0.29, 0.717) is 11.8 Å². The lowest BCUT2D eigenvalue weighted by Crippen LogP contribution is -2.48. The fraction of sp³-hybridized carbons (Fsp3) is 0.500. The summed E-state index contributed by atoms with van der Waals surface area (Å²) in [6.45, 7) is 3.80. The van der Waals surface area contributed by atoms with Gasteiger partial charge in [-0.2, -0.15) is 0 Å². The second-order valence-corrected chi connectivity index (χ2v) is 7.09. The number of hydrogen-bond donors (Lipinski definition) is 1. The number of hydrogen-bond acceptors (Lipinski definition) is 5. The van der Waals surface area contributed by atoms with Gasteiger partial charge in [-0.3, -0.25) is 29.4 Å². The zero-order chi connectivity index (χ0) is 19.0. The highest BCUT2D eigenvalue weighted by molar-refractivity contribution is 6.24. The summed E-state index contributed by atoms with van der Waals surface area (Å²) in [6.07, 6.45) is 3.01. The van der Waals surface area contributed by atoms with E-state index in [1.54, 1.807) is 0 Å². The molecule has 8 heteroatoms. The molecule has 1 aliphatic heterocycles. The van der Waals surface area contributed by atoms with Crippen LogP contribution in [0.4, 0.5) is 5.69 Å². The second kappa shape index (κ2) is 6.86. The third-order valence-electron chi connectivity index (χ3n) is 5.53. The van der Waals surface area contributed by atoms with E-state index in [-0.39, 0.29) is 17.2 Å². The Labute approximate surface area is 150 Å². The zero-order valence-corrected chi connectivity index (χ0v) is 14.7. The number of carbonyl (C=O) groups excluding carboxylic acids is 3. The number of benzene rings is 1. The van der Waals surface area contributed by atoms with Gasteiger partial charge in [0.15, 0.2) is 0 Å². The van der Waals surface area contributed by atoms with Crippen LogP contribution in [0.5, 0.6) is 0 Å². The average Bonchev–Trinajstić information content (AvgIpc) is 2.84. The molecule has 3 rings (SSSR count). The number of nitro benzene ring substituents is 1. The predicted molar refractivity (Wildman–Crippen MR) is 92.6 cm³/mol. The third kappa shape index (κ3) is 3.07. The molecule has 1 aliphatic carbocycles. The number of rotatable bonds is 4. The zero-order valence-electron chi connectivity index (χ0n) is 14.7. The van der Waals surface area contributed by atoms with Gasteiger partial charge in [-0.05, 0) is 24.3 Å². The smallest absolute Gasteiger partial charge is 0.282 e. The van der Waals surface area contributed by atoms with Gasteiger partial charge in [-0.25, -0.2) is 0 Å². The SMILES string of the molecule is C[C@@H]1[C@H](C)CCC[C@H]1NC(=O)CN1C(=O)c2cccc([N+](=O)[O-])c2C1=O. The van der Waals surface area contributed by atoms with Crippen molar-refractivity contribution in [3.05, 3.63) is 39.4 Å². The van der Waals surface area contributed by atoms with Gasteiger partial charge in [0.1, 0.15) is 12.1 Å². The number of amides is 3. The molecule has 3 amide bonds. The molecule has 138 valence electrons. The maximum absolute atomic E-state index is 12.5. The number of imide groups is 1. The molecule has 8 nitrogen and oxygen atoms in total. The van der Waals surface area contributed by atoms with Crippen LogP contribution < -0.4 is 5.32 Å². The van der Waals surface area contributed by atoms with E-state index in [1.165, 1.54) is 18.2 Å². The van der Waals surface area contributed by atoms with Crippen LogP contribution in [0.3, 0.4) is 0 Å². The molecule has 1 aromatic rings. The van der Waals surface area contributed by atoms with Crippen molar-refractivity contribution in [3.8, 4) is 0 Å². The molecule has 0 spiro atoms. The normalized spacial score (nSPS) is 25.2. The van der Waals surface area contributed by atoms with E-state index in [0.717, 1.165) is 24.2 Å². The number of fused-ring (bicyclic) bond motifs is 1. The first kappa shape index (κ1) is 18.0. The molecule has 1 heterocycles. The van der Waals surface area contributed by atoms with E-state index in [4.69, 9.17) is 0 Å². The molecule has 1 fully saturated rings. The molecule has 0 aromatic heterocycles. The van der Waals surface area contributed by atoms with Gasteiger partial charge in [0.25, 0.3) is 17.5 Å². The van der Waals surface area contributed by atoms with Gasteiger partial charge in [0.2, 0.25) is 5.91 Å². The average molecular weight is 359 g/mol. The minimum absolute atomic E-state index is 0.00997. The first-order valence-corrected chi connectivity index (χ1v) is 8.74. The minimum Gasteiger partial charge on any atom is -0.352 e. The van der Waals surface area contributed by atoms with Crippen molar-refractivity contribution < 1.29 is 19.3 Å². The van der Waals surface area contributed by atoms with Crippen LogP contribution in [0, 0.1) is 22.0 Å². The van der Waals surface area contributed by atoms with Gasteiger partial charge in [-0.1, -0.05) is 32.8 Å². The highest BCUT2D eigenvalue weighted by Crippen LogP contribution is 2.31. The summed E-state index contributed by atoms with van der Waals surface area (Å²) in [5, 5.41) is 14.0. The van der Waals surface area contributed by atoms with Gasteiger partial charge >= 0.3 is 0 Å². The molecule has 2 aliphatic rings. The Morgan fingerprint density at radius 2 is 2.00 bits per heavy atom. The molecular weight excluding hydrogens is 338 g/mol. The van der Waals surface area contributed by atoms with Crippen LogP contribution in [-0.4, -0.2) is 40.1 Å². The van der Waals surface area contributed by atoms with Crippen LogP contribution in [0.2, 0.25) is 0 Å². The van der Waals surface area contributed by atoms with Gasteiger partial charge in [0, 0.05) is 12.1 Å². The maximum Gasteiger partial charge on any atom is 0.282 e. The summed E-state index contributed by atoms with van der Waals surface area (Å²) in [4.78, 5) is 48.5. The Bertz CT molecular complexity index is 791. The van der Waals surface area contributed by atoms with E-state index in [1.807, 2.05) is 0 Å². The van der Waals surface area contributed by atoms with E-state index < -0.39 is 34.9 Å². The molecule has 3 atom stereocenters. The maximum atomic E-state index is 12.5. The third-order valence-corrected chi connectivity index (χ3v) is 5.53. The van der Waals surface area contributed by atoms with Crippen molar-refractivity contribution in [3.63, 3.8) is 0 Å². The van der Waals surface area contributed by atoms with E-state index >= 15 is 0 Å². The quantitative estimate of drug-likeness (QED) is 0.503. The van der Waals surface area contributed by atoms with Crippen LogP contribution in [0.25, 0.3) is 0 Å². The molecule has 26 heavy (non-hydrogen) atoms. The highest BCUT2D eigenvalue weighted by atomic mass is 16.6. The van der Waals surface area contributed by atoms with Crippen molar-refractivity contribution in [2.75, 3.05) is 6.54 Å². The summed E-state index contributed by atoms with van der Waals surface area (Å²) >= 11 is 0. The van der Waals surface area contributed by atoms with Gasteiger partial charge in [-0.15, -0.1) is 0 Å². The molecule has 1 aromatic carbocycles. The first-order chi connectivity index (χ1) is 12.3. The number of nitro groups is 1. The van der Waals surface area contributed by atoms with E-state index in [2.05, 4.69) is 19.2 Å². The van der Waals surface area contributed by atoms with Crippen LogP contribution in [-0.2, 0) is 4.79 Å². The molecule has 0 radical (unpaired) electrons. The van der Waals surface area contributed by atoms with Crippen molar-refractivity contribution in [1.29, 1.82) is 0 Å². The summed E-state index contributed by atoms with van der Waals surface area (Å²) in [7, 11) is 0. The second-order valence-electron chi connectivity index (χ2n) is 7.09. The molecule has 1 saturated carbocycles.